The average Bonchev–Trinajstić information content (AvgIpc) is 2.94. The van der Waals surface area contributed by atoms with Gasteiger partial charge in [0.05, 0.1) is 18.2 Å². The number of furan rings is 1. The second-order valence-electron chi connectivity index (χ2n) is 4.64. The summed E-state index contributed by atoms with van der Waals surface area (Å²) in [5.41, 5.74) is 7.70. The molecule has 0 saturated carbocycles. The molecule has 106 valence electrons. The Morgan fingerprint density at radius 3 is 2.70 bits per heavy atom. The molecule has 1 aromatic carbocycles. The Morgan fingerprint density at radius 2 is 2.10 bits per heavy atom. The number of aliphatic hydroxyl groups is 1. The Balaban J connectivity index is 1.91. The van der Waals surface area contributed by atoms with E-state index in [4.69, 9.17) is 10.2 Å². The van der Waals surface area contributed by atoms with Crippen molar-refractivity contribution < 1.29 is 14.3 Å². The van der Waals surface area contributed by atoms with E-state index in [1.165, 1.54) is 6.26 Å². The molecule has 20 heavy (non-hydrogen) atoms. The van der Waals surface area contributed by atoms with E-state index in [1.54, 1.807) is 6.07 Å². The highest BCUT2D eigenvalue weighted by Gasteiger charge is 2.12. The fraction of sp³-hybridized carbons (Fsp3) is 0.267. The van der Waals surface area contributed by atoms with Crippen LogP contribution in [-0.4, -0.2) is 17.6 Å². The van der Waals surface area contributed by atoms with E-state index in [0.29, 0.717) is 11.3 Å². The fourth-order valence-electron chi connectivity index (χ4n) is 1.80. The van der Waals surface area contributed by atoms with E-state index >= 15 is 0 Å². The van der Waals surface area contributed by atoms with Crippen LogP contribution in [0.3, 0.4) is 0 Å². The first-order valence-electron chi connectivity index (χ1n) is 6.40. The van der Waals surface area contributed by atoms with Crippen molar-refractivity contribution in [3.63, 3.8) is 0 Å². The second kappa shape index (κ2) is 6.36. The van der Waals surface area contributed by atoms with Crippen LogP contribution in [0.1, 0.15) is 33.3 Å². The Hall–Kier alpha value is -2.11. The number of nitrogens with two attached hydrogens (primary N) is 1. The molecule has 1 atom stereocenters. The van der Waals surface area contributed by atoms with Crippen LogP contribution in [0.15, 0.2) is 41.0 Å². The van der Waals surface area contributed by atoms with Gasteiger partial charge in [0.25, 0.3) is 5.91 Å². The Morgan fingerprint density at radius 1 is 1.40 bits per heavy atom. The lowest BCUT2D eigenvalue weighted by Crippen LogP contribution is -2.28. The number of benzene rings is 1. The quantitative estimate of drug-likeness (QED) is 0.771. The van der Waals surface area contributed by atoms with E-state index in [9.17, 15) is 9.90 Å². The van der Waals surface area contributed by atoms with Gasteiger partial charge in [0.1, 0.15) is 12.0 Å². The molecular weight excluding hydrogens is 256 g/mol. The highest BCUT2D eigenvalue weighted by molar-refractivity contribution is 5.93. The first-order chi connectivity index (χ1) is 9.60. The van der Waals surface area contributed by atoms with Crippen LogP contribution < -0.4 is 11.1 Å². The summed E-state index contributed by atoms with van der Waals surface area (Å²) in [5, 5.41) is 12.7. The Kier molecular flexibility index (Phi) is 4.55. The van der Waals surface area contributed by atoms with Crippen LogP contribution in [-0.2, 0) is 6.54 Å². The van der Waals surface area contributed by atoms with Gasteiger partial charge in [-0.15, -0.1) is 0 Å². The number of hydrogen-bond donors (Lipinski definition) is 3. The van der Waals surface area contributed by atoms with Crippen LogP contribution in [0.5, 0.6) is 0 Å². The van der Waals surface area contributed by atoms with Gasteiger partial charge in [-0.05, 0) is 18.6 Å². The molecule has 0 radical (unpaired) electrons. The molecule has 0 saturated heterocycles. The molecule has 1 aromatic heterocycles. The SMILES string of the molecule is Cc1ccc(C(O)CNC(=O)c2coc(CN)c2)cc1. The maximum Gasteiger partial charge on any atom is 0.254 e. The number of rotatable bonds is 5. The lowest BCUT2D eigenvalue weighted by molar-refractivity contribution is 0.0915. The molecular formula is C15H18N2O3. The largest absolute Gasteiger partial charge is 0.467 e. The van der Waals surface area contributed by atoms with Crippen molar-refractivity contribution in [2.45, 2.75) is 19.6 Å². The van der Waals surface area contributed by atoms with E-state index in [-0.39, 0.29) is 19.0 Å². The van der Waals surface area contributed by atoms with Gasteiger partial charge in [0, 0.05) is 6.54 Å². The van der Waals surface area contributed by atoms with Crippen LogP contribution in [0.25, 0.3) is 0 Å². The summed E-state index contributed by atoms with van der Waals surface area (Å²) in [6, 6.07) is 9.12. The number of nitrogens with one attached hydrogen (secondary N) is 1. The summed E-state index contributed by atoms with van der Waals surface area (Å²) in [7, 11) is 0. The smallest absolute Gasteiger partial charge is 0.254 e. The maximum absolute atomic E-state index is 11.8. The summed E-state index contributed by atoms with van der Waals surface area (Å²) in [5.74, 6) is 0.258. The summed E-state index contributed by atoms with van der Waals surface area (Å²) in [6.45, 7) is 2.37. The minimum atomic E-state index is -0.736. The molecule has 1 unspecified atom stereocenters. The number of carbonyl (C=O) groups is 1. The van der Waals surface area contributed by atoms with E-state index in [0.717, 1.165) is 11.1 Å². The Labute approximate surface area is 117 Å². The van der Waals surface area contributed by atoms with Gasteiger partial charge in [-0.25, -0.2) is 0 Å². The van der Waals surface area contributed by atoms with Gasteiger partial charge in [-0.2, -0.15) is 0 Å². The number of hydrogen-bond acceptors (Lipinski definition) is 4. The van der Waals surface area contributed by atoms with Crippen molar-refractivity contribution in [3.05, 3.63) is 59.0 Å². The van der Waals surface area contributed by atoms with Crippen molar-refractivity contribution in [2.24, 2.45) is 5.73 Å². The number of carbonyl (C=O) groups excluding carboxylic acids is 1. The fourth-order valence-corrected chi connectivity index (χ4v) is 1.80. The van der Waals surface area contributed by atoms with Crippen LogP contribution in [0.4, 0.5) is 0 Å². The van der Waals surface area contributed by atoms with Crippen molar-refractivity contribution in [1.82, 2.24) is 5.32 Å². The van der Waals surface area contributed by atoms with Crippen molar-refractivity contribution in [2.75, 3.05) is 6.54 Å². The minimum Gasteiger partial charge on any atom is -0.467 e. The second-order valence-corrected chi connectivity index (χ2v) is 4.64. The maximum atomic E-state index is 11.8. The van der Waals surface area contributed by atoms with E-state index in [2.05, 4.69) is 5.32 Å². The third-order valence-corrected chi connectivity index (χ3v) is 3.04. The molecule has 2 rings (SSSR count). The molecule has 0 aliphatic carbocycles. The molecule has 0 spiro atoms. The first kappa shape index (κ1) is 14.3. The number of aliphatic hydroxyl groups excluding tert-OH is 1. The molecule has 0 fully saturated rings. The lowest BCUT2D eigenvalue weighted by atomic mass is 10.1. The monoisotopic (exact) mass is 274 g/mol. The van der Waals surface area contributed by atoms with Gasteiger partial charge in [0.2, 0.25) is 0 Å². The van der Waals surface area contributed by atoms with Gasteiger partial charge in [-0.1, -0.05) is 29.8 Å². The summed E-state index contributed by atoms with van der Waals surface area (Å²) in [4.78, 5) is 11.8. The lowest BCUT2D eigenvalue weighted by Gasteiger charge is -2.12. The zero-order chi connectivity index (χ0) is 14.5. The standard InChI is InChI=1S/C15H18N2O3/c1-10-2-4-11(5-3-10)14(18)8-17-15(19)12-6-13(7-16)20-9-12/h2-6,9,14,18H,7-8,16H2,1H3,(H,17,19). The molecule has 0 bridgehead atoms. The van der Waals surface area contributed by atoms with Crippen molar-refractivity contribution >= 4 is 5.91 Å². The molecule has 5 nitrogen and oxygen atoms in total. The normalized spacial score (nSPS) is 12.2. The highest BCUT2D eigenvalue weighted by Crippen LogP contribution is 2.13. The van der Waals surface area contributed by atoms with Gasteiger partial charge >= 0.3 is 0 Å². The zero-order valence-electron chi connectivity index (χ0n) is 11.3. The predicted molar refractivity (Wildman–Crippen MR) is 75.1 cm³/mol. The minimum absolute atomic E-state index is 0.144. The number of aryl methyl sites for hydroxylation is 1. The van der Waals surface area contributed by atoms with Crippen LogP contribution >= 0.6 is 0 Å². The first-order valence-corrected chi connectivity index (χ1v) is 6.40. The zero-order valence-corrected chi connectivity index (χ0v) is 11.3. The van der Waals surface area contributed by atoms with Crippen molar-refractivity contribution in [3.8, 4) is 0 Å². The molecule has 1 heterocycles. The van der Waals surface area contributed by atoms with Gasteiger partial charge in [-0.3, -0.25) is 4.79 Å². The summed E-state index contributed by atoms with van der Waals surface area (Å²) < 4.78 is 5.09. The summed E-state index contributed by atoms with van der Waals surface area (Å²) in [6.07, 6.45) is 0.621. The average molecular weight is 274 g/mol. The van der Waals surface area contributed by atoms with Gasteiger partial charge < -0.3 is 20.6 Å². The van der Waals surface area contributed by atoms with E-state index < -0.39 is 6.10 Å². The third-order valence-electron chi connectivity index (χ3n) is 3.04. The molecule has 0 aliphatic rings. The molecule has 1 amide bonds. The van der Waals surface area contributed by atoms with Crippen molar-refractivity contribution in [1.29, 1.82) is 0 Å². The molecule has 0 aliphatic heterocycles. The third kappa shape index (κ3) is 3.46. The molecule has 4 N–H and O–H groups in total. The van der Waals surface area contributed by atoms with Crippen LogP contribution in [0, 0.1) is 6.92 Å². The van der Waals surface area contributed by atoms with E-state index in [1.807, 2.05) is 31.2 Å². The van der Waals surface area contributed by atoms with Gasteiger partial charge in [0.15, 0.2) is 0 Å². The molecule has 2 aromatic rings. The predicted octanol–water partition coefficient (Wildman–Crippen LogP) is 1.51. The molecule has 5 heteroatoms. The van der Waals surface area contributed by atoms with Crippen LogP contribution in [0.2, 0.25) is 0 Å². The Bertz CT molecular complexity index is 575. The topological polar surface area (TPSA) is 88.5 Å². The number of amides is 1. The highest BCUT2D eigenvalue weighted by atomic mass is 16.3. The summed E-state index contributed by atoms with van der Waals surface area (Å²) >= 11 is 0.